The third-order valence-electron chi connectivity index (χ3n) is 1.86. The second-order valence-electron chi connectivity index (χ2n) is 2.86. The van der Waals surface area contributed by atoms with Crippen molar-refractivity contribution in [2.24, 2.45) is 11.8 Å². The predicted molar refractivity (Wildman–Crippen MR) is 41.7 cm³/mol. The van der Waals surface area contributed by atoms with Crippen molar-refractivity contribution in [1.82, 2.24) is 0 Å². The molecule has 2 nitrogen and oxygen atoms in total. The highest BCUT2D eigenvalue weighted by atomic mass is 16.5. The zero-order valence-electron chi connectivity index (χ0n) is 6.67. The molecule has 0 amide bonds. The van der Waals surface area contributed by atoms with E-state index in [4.69, 9.17) is 0 Å². The summed E-state index contributed by atoms with van der Waals surface area (Å²) in [6.45, 7) is 2.05. The molecular formula is C9H12O2. The van der Waals surface area contributed by atoms with Crippen molar-refractivity contribution in [2.75, 3.05) is 6.61 Å². The minimum absolute atomic E-state index is 0.350. The molecule has 0 aromatic heterocycles. The van der Waals surface area contributed by atoms with Crippen LogP contribution in [0.15, 0.2) is 0 Å². The number of carbonyl (C=O) groups excluding carboxylic acids is 1. The third kappa shape index (κ3) is 3.08. The molecule has 0 radical (unpaired) electrons. The van der Waals surface area contributed by atoms with Gasteiger partial charge < -0.3 is 4.74 Å². The minimum Gasteiger partial charge on any atom is -0.456 e. The molecule has 0 spiro atoms. The highest BCUT2D eigenvalue weighted by molar-refractivity contribution is 5.87. The van der Waals surface area contributed by atoms with Gasteiger partial charge in [-0.1, -0.05) is 0 Å². The quantitative estimate of drug-likeness (QED) is 0.320. The van der Waals surface area contributed by atoms with E-state index in [2.05, 4.69) is 11.2 Å². The molecule has 0 aromatic rings. The summed E-state index contributed by atoms with van der Waals surface area (Å²) in [7, 11) is 0. The zero-order valence-corrected chi connectivity index (χ0v) is 6.67. The molecule has 0 unspecified atom stereocenters. The molecule has 11 heavy (non-hydrogen) atoms. The zero-order chi connectivity index (χ0) is 8.27. The van der Waals surface area contributed by atoms with Crippen LogP contribution in [0.2, 0.25) is 0 Å². The molecule has 2 aliphatic rings. The summed E-state index contributed by atoms with van der Waals surface area (Å²) < 4.78 is 4.32. The Morgan fingerprint density at radius 1 is 1.64 bits per heavy atom. The third-order valence-corrected chi connectivity index (χ3v) is 1.86. The van der Waals surface area contributed by atoms with E-state index in [1.54, 1.807) is 25.7 Å². The first-order chi connectivity index (χ1) is 5.27. The van der Waals surface area contributed by atoms with Crippen LogP contribution >= 0.6 is 0 Å². The second kappa shape index (κ2) is 3.43. The standard InChI is InChI=1S/C5H6O2.C4H6/c1-3-5(6)7-4-2;1-3-2-4(1)3/h1H,4H2,2H3;3-4H,1-2H2. The number of hydrogen-bond acceptors (Lipinski definition) is 2. The summed E-state index contributed by atoms with van der Waals surface area (Å²) >= 11 is 0. The normalized spacial score (nSPS) is 28.4. The van der Waals surface area contributed by atoms with Gasteiger partial charge in [-0.15, -0.1) is 6.42 Å². The monoisotopic (exact) mass is 152 g/mol. The van der Waals surface area contributed by atoms with E-state index in [0.717, 1.165) is 0 Å². The molecule has 2 fully saturated rings. The summed E-state index contributed by atoms with van der Waals surface area (Å²) in [6.07, 6.45) is 7.80. The van der Waals surface area contributed by atoms with Crippen LogP contribution in [0, 0.1) is 24.2 Å². The van der Waals surface area contributed by atoms with Crippen LogP contribution < -0.4 is 0 Å². The van der Waals surface area contributed by atoms with Crippen LogP contribution in [0.25, 0.3) is 0 Å². The lowest BCUT2D eigenvalue weighted by molar-refractivity contribution is -0.136. The Morgan fingerprint density at radius 2 is 2.09 bits per heavy atom. The second-order valence-corrected chi connectivity index (χ2v) is 2.86. The van der Waals surface area contributed by atoms with Crippen LogP contribution in [0.1, 0.15) is 19.8 Å². The molecule has 0 saturated heterocycles. The van der Waals surface area contributed by atoms with Gasteiger partial charge in [0.15, 0.2) is 0 Å². The van der Waals surface area contributed by atoms with E-state index < -0.39 is 5.97 Å². The number of fused-ring (bicyclic) bond motifs is 1. The molecule has 0 aliphatic heterocycles. The van der Waals surface area contributed by atoms with Crippen molar-refractivity contribution >= 4 is 5.97 Å². The number of rotatable bonds is 1. The summed E-state index contributed by atoms with van der Waals surface area (Å²) in [6, 6.07) is 0. The molecule has 0 atom stereocenters. The van der Waals surface area contributed by atoms with Gasteiger partial charge in [0.1, 0.15) is 0 Å². The van der Waals surface area contributed by atoms with Crippen LogP contribution in [0.4, 0.5) is 0 Å². The molecular weight excluding hydrogens is 140 g/mol. The fraction of sp³-hybridized carbons (Fsp3) is 0.667. The fourth-order valence-electron chi connectivity index (χ4n) is 0.724. The van der Waals surface area contributed by atoms with Gasteiger partial charge in [0.2, 0.25) is 0 Å². The van der Waals surface area contributed by atoms with Crippen LogP contribution in [-0.2, 0) is 9.53 Å². The molecule has 0 N–H and O–H groups in total. The van der Waals surface area contributed by atoms with E-state index in [1.165, 1.54) is 11.8 Å². The van der Waals surface area contributed by atoms with Gasteiger partial charge in [-0.2, -0.15) is 0 Å². The van der Waals surface area contributed by atoms with Crippen molar-refractivity contribution in [3.8, 4) is 12.3 Å². The largest absolute Gasteiger partial charge is 0.456 e. The summed E-state index contributed by atoms with van der Waals surface area (Å²) in [5.74, 6) is 3.71. The number of hydrogen-bond donors (Lipinski definition) is 0. The number of ether oxygens (including phenoxy) is 1. The lowest BCUT2D eigenvalue weighted by Crippen LogP contribution is -1.98. The van der Waals surface area contributed by atoms with E-state index >= 15 is 0 Å². The van der Waals surface area contributed by atoms with Gasteiger partial charge in [-0.25, -0.2) is 4.79 Å². The van der Waals surface area contributed by atoms with Crippen LogP contribution in [0.3, 0.4) is 0 Å². The highest BCUT2D eigenvalue weighted by Crippen LogP contribution is 2.62. The maximum atomic E-state index is 9.95. The maximum absolute atomic E-state index is 9.95. The first kappa shape index (κ1) is 8.13. The van der Waals surface area contributed by atoms with Crippen LogP contribution in [0.5, 0.6) is 0 Å². The molecule has 2 rings (SSSR count). The van der Waals surface area contributed by atoms with Gasteiger partial charge in [0.25, 0.3) is 0 Å². The summed E-state index contributed by atoms with van der Waals surface area (Å²) in [5, 5.41) is 0. The molecule has 0 aromatic carbocycles. The average Bonchev–Trinajstić information content (AvgIpc) is 2.74. The van der Waals surface area contributed by atoms with E-state index in [9.17, 15) is 4.79 Å². The smallest absolute Gasteiger partial charge is 0.384 e. The van der Waals surface area contributed by atoms with E-state index in [0.29, 0.717) is 6.61 Å². The van der Waals surface area contributed by atoms with Gasteiger partial charge in [-0.3, -0.25) is 0 Å². The van der Waals surface area contributed by atoms with E-state index in [-0.39, 0.29) is 0 Å². The van der Waals surface area contributed by atoms with Crippen molar-refractivity contribution in [3.63, 3.8) is 0 Å². The number of carbonyl (C=O) groups is 1. The number of esters is 1. The molecule has 2 saturated carbocycles. The first-order valence-corrected chi connectivity index (χ1v) is 3.91. The topological polar surface area (TPSA) is 26.3 Å². The van der Waals surface area contributed by atoms with Gasteiger partial charge in [0.05, 0.1) is 6.61 Å². The Bertz CT molecular complexity index is 178. The molecule has 0 heterocycles. The van der Waals surface area contributed by atoms with Crippen molar-refractivity contribution in [1.29, 1.82) is 0 Å². The summed E-state index contributed by atoms with van der Waals surface area (Å²) in [5.41, 5.74) is 0. The molecule has 60 valence electrons. The van der Waals surface area contributed by atoms with Gasteiger partial charge >= 0.3 is 5.97 Å². The Balaban J connectivity index is 0.000000122. The maximum Gasteiger partial charge on any atom is 0.384 e. The van der Waals surface area contributed by atoms with E-state index in [1.807, 2.05) is 0 Å². The molecule has 0 bridgehead atoms. The molecule has 2 heteroatoms. The summed E-state index contributed by atoms with van der Waals surface area (Å²) in [4.78, 5) is 9.95. The lowest BCUT2D eigenvalue weighted by atomic mass is 10.5. The van der Waals surface area contributed by atoms with Crippen molar-refractivity contribution in [2.45, 2.75) is 19.8 Å². The Hall–Kier alpha value is -0.970. The van der Waals surface area contributed by atoms with Crippen LogP contribution in [-0.4, -0.2) is 12.6 Å². The SMILES string of the molecule is C#CC(=O)OCC.C1C2CC12. The van der Waals surface area contributed by atoms with Crippen molar-refractivity contribution < 1.29 is 9.53 Å². The Kier molecular flexibility index (Phi) is 2.53. The van der Waals surface area contributed by atoms with Crippen molar-refractivity contribution in [3.05, 3.63) is 0 Å². The predicted octanol–water partition coefficient (Wildman–Crippen LogP) is 1.21. The first-order valence-electron chi connectivity index (χ1n) is 3.91. The molecule has 2 aliphatic carbocycles. The lowest BCUT2D eigenvalue weighted by Gasteiger charge is -1.88. The highest BCUT2D eigenvalue weighted by Gasteiger charge is 2.52. The number of terminal acetylenes is 1. The Labute approximate surface area is 66.9 Å². The average molecular weight is 152 g/mol. The van der Waals surface area contributed by atoms with Gasteiger partial charge in [-0.05, 0) is 31.6 Å². The Morgan fingerprint density at radius 3 is 2.18 bits per heavy atom. The minimum atomic E-state index is -0.595. The fourth-order valence-corrected chi connectivity index (χ4v) is 0.724. The van der Waals surface area contributed by atoms with Gasteiger partial charge in [0, 0.05) is 5.92 Å².